The van der Waals surface area contributed by atoms with Gasteiger partial charge >= 0.3 is 0 Å². The molecular weight excluding hydrogens is 286 g/mol. The predicted molar refractivity (Wildman–Crippen MR) is 90.1 cm³/mol. The molecule has 21 heavy (non-hydrogen) atoms. The molecule has 0 aliphatic heterocycles. The van der Waals surface area contributed by atoms with Gasteiger partial charge in [-0.3, -0.25) is 4.79 Å². The number of nitrogens with one attached hydrogen (secondary N) is 2. The van der Waals surface area contributed by atoms with E-state index in [0.717, 1.165) is 37.6 Å². The van der Waals surface area contributed by atoms with E-state index in [-0.39, 0.29) is 5.91 Å². The summed E-state index contributed by atoms with van der Waals surface area (Å²) >= 11 is 1.40. The SMILES string of the molecule is CCCNC(=O)c1sc(NCCCOCC(C)C)cc1N. The highest BCUT2D eigenvalue weighted by atomic mass is 32.1. The summed E-state index contributed by atoms with van der Waals surface area (Å²) in [6.07, 6.45) is 1.85. The number of anilines is 2. The minimum absolute atomic E-state index is 0.0901. The molecule has 1 amide bonds. The smallest absolute Gasteiger partial charge is 0.263 e. The zero-order valence-corrected chi connectivity index (χ0v) is 14.0. The molecule has 1 aromatic rings. The number of carbonyl (C=O) groups is 1. The highest BCUT2D eigenvalue weighted by molar-refractivity contribution is 7.18. The summed E-state index contributed by atoms with van der Waals surface area (Å²) in [6.45, 7) is 9.33. The van der Waals surface area contributed by atoms with Crippen LogP contribution in [-0.2, 0) is 4.74 Å². The monoisotopic (exact) mass is 313 g/mol. The fourth-order valence-electron chi connectivity index (χ4n) is 1.69. The second-order valence-corrected chi connectivity index (χ2v) is 6.45. The summed E-state index contributed by atoms with van der Waals surface area (Å²) in [6, 6.07) is 1.82. The van der Waals surface area contributed by atoms with Gasteiger partial charge < -0.3 is 21.1 Å². The van der Waals surface area contributed by atoms with E-state index < -0.39 is 0 Å². The lowest BCUT2D eigenvalue weighted by atomic mass is 10.2. The minimum atomic E-state index is -0.0901. The molecule has 0 unspecified atom stereocenters. The minimum Gasteiger partial charge on any atom is -0.397 e. The van der Waals surface area contributed by atoms with Crippen molar-refractivity contribution in [2.24, 2.45) is 5.92 Å². The second-order valence-electron chi connectivity index (χ2n) is 5.40. The maximum Gasteiger partial charge on any atom is 0.263 e. The summed E-state index contributed by atoms with van der Waals surface area (Å²) in [5, 5.41) is 7.05. The van der Waals surface area contributed by atoms with Crippen molar-refractivity contribution in [3.8, 4) is 0 Å². The van der Waals surface area contributed by atoms with Crippen LogP contribution in [0.3, 0.4) is 0 Å². The number of nitrogens with two attached hydrogens (primary N) is 1. The topological polar surface area (TPSA) is 76.4 Å². The Morgan fingerprint density at radius 2 is 2.19 bits per heavy atom. The van der Waals surface area contributed by atoms with Crippen LogP contribution >= 0.6 is 11.3 Å². The van der Waals surface area contributed by atoms with Crippen molar-refractivity contribution in [1.29, 1.82) is 0 Å². The second kappa shape index (κ2) is 9.63. The van der Waals surface area contributed by atoms with Crippen molar-refractivity contribution in [2.45, 2.75) is 33.6 Å². The molecular formula is C15H27N3O2S. The Hall–Kier alpha value is -1.27. The van der Waals surface area contributed by atoms with Crippen LogP contribution in [0.2, 0.25) is 0 Å². The summed E-state index contributed by atoms with van der Waals surface area (Å²) in [7, 11) is 0. The van der Waals surface area contributed by atoms with Gasteiger partial charge in [-0.05, 0) is 24.8 Å². The zero-order valence-electron chi connectivity index (χ0n) is 13.2. The number of amides is 1. The molecule has 5 nitrogen and oxygen atoms in total. The molecule has 0 saturated heterocycles. The van der Waals surface area contributed by atoms with Crippen molar-refractivity contribution in [1.82, 2.24) is 5.32 Å². The summed E-state index contributed by atoms with van der Waals surface area (Å²) in [5.41, 5.74) is 6.42. The molecule has 0 saturated carbocycles. The number of rotatable bonds is 10. The van der Waals surface area contributed by atoms with E-state index in [1.54, 1.807) is 0 Å². The Labute approximate surface area is 131 Å². The van der Waals surface area contributed by atoms with Gasteiger partial charge in [-0.1, -0.05) is 20.8 Å². The van der Waals surface area contributed by atoms with Crippen LogP contribution < -0.4 is 16.4 Å². The molecule has 0 aromatic carbocycles. The average molecular weight is 313 g/mol. The van der Waals surface area contributed by atoms with Gasteiger partial charge in [0.15, 0.2) is 0 Å². The molecule has 0 fully saturated rings. The maximum atomic E-state index is 11.9. The number of carbonyl (C=O) groups excluding carboxylic acids is 1. The Morgan fingerprint density at radius 1 is 1.43 bits per heavy atom. The van der Waals surface area contributed by atoms with Crippen LogP contribution in [0, 0.1) is 5.92 Å². The molecule has 0 bridgehead atoms. The van der Waals surface area contributed by atoms with Gasteiger partial charge in [-0.15, -0.1) is 11.3 Å². The van der Waals surface area contributed by atoms with E-state index in [9.17, 15) is 4.79 Å². The highest BCUT2D eigenvalue weighted by Gasteiger charge is 2.13. The van der Waals surface area contributed by atoms with Gasteiger partial charge in [-0.2, -0.15) is 0 Å². The third-order valence-electron chi connectivity index (χ3n) is 2.72. The molecule has 1 rings (SSSR count). The number of hydrogen-bond donors (Lipinski definition) is 3. The van der Waals surface area contributed by atoms with Crippen molar-refractivity contribution in [2.75, 3.05) is 37.4 Å². The molecule has 1 heterocycles. The first-order valence-electron chi connectivity index (χ1n) is 7.53. The van der Waals surface area contributed by atoms with Gasteiger partial charge in [0.05, 0.1) is 10.7 Å². The molecule has 4 N–H and O–H groups in total. The fourth-order valence-corrected chi connectivity index (χ4v) is 2.62. The normalized spacial score (nSPS) is 10.9. The predicted octanol–water partition coefficient (Wildman–Crippen LogP) is 2.94. The lowest BCUT2D eigenvalue weighted by Crippen LogP contribution is -2.23. The fraction of sp³-hybridized carbons (Fsp3) is 0.667. The first kappa shape index (κ1) is 17.8. The Kier molecular flexibility index (Phi) is 8.15. The molecule has 0 radical (unpaired) electrons. The van der Waals surface area contributed by atoms with Crippen LogP contribution in [-0.4, -0.2) is 32.2 Å². The number of nitrogen functional groups attached to an aromatic ring is 1. The van der Waals surface area contributed by atoms with E-state index in [0.29, 0.717) is 23.0 Å². The van der Waals surface area contributed by atoms with E-state index in [2.05, 4.69) is 24.5 Å². The standard InChI is InChI=1S/C15H27N3O2S/c1-4-6-18-15(19)14-12(16)9-13(21-14)17-7-5-8-20-10-11(2)3/h9,11,17H,4-8,10,16H2,1-3H3,(H,18,19). The molecule has 1 aromatic heterocycles. The third-order valence-corrected chi connectivity index (χ3v) is 3.83. The molecule has 6 heteroatoms. The van der Waals surface area contributed by atoms with Crippen molar-refractivity contribution >= 4 is 27.9 Å². The van der Waals surface area contributed by atoms with Gasteiger partial charge in [0.2, 0.25) is 0 Å². The molecule has 0 aliphatic rings. The summed E-state index contributed by atoms with van der Waals surface area (Å²) in [4.78, 5) is 12.5. The van der Waals surface area contributed by atoms with Crippen LogP contribution in [0.25, 0.3) is 0 Å². The lowest BCUT2D eigenvalue weighted by molar-refractivity contribution is 0.0958. The van der Waals surface area contributed by atoms with E-state index >= 15 is 0 Å². The zero-order chi connectivity index (χ0) is 15.7. The molecule has 120 valence electrons. The first-order chi connectivity index (χ1) is 10.0. The Balaban J connectivity index is 2.31. The number of ether oxygens (including phenoxy) is 1. The van der Waals surface area contributed by atoms with Gasteiger partial charge in [-0.25, -0.2) is 0 Å². The van der Waals surface area contributed by atoms with Crippen molar-refractivity contribution < 1.29 is 9.53 Å². The maximum absolute atomic E-state index is 11.9. The van der Waals surface area contributed by atoms with E-state index in [1.165, 1.54) is 11.3 Å². The molecule has 0 atom stereocenters. The Morgan fingerprint density at radius 3 is 2.86 bits per heavy atom. The van der Waals surface area contributed by atoms with Gasteiger partial charge in [0, 0.05) is 26.3 Å². The van der Waals surface area contributed by atoms with Crippen LogP contribution in [0.4, 0.5) is 10.7 Å². The quantitative estimate of drug-likeness (QED) is 0.580. The van der Waals surface area contributed by atoms with Gasteiger partial charge in [0.25, 0.3) is 5.91 Å². The van der Waals surface area contributed by atoms with Crippen LogP contribution in [0.5, 0.6) is 0 Å². The van der Waals surface area contributed by atoms with Crippen LogP contribution in [0.1, 0.15) is 43.3 Å². The van der Waals surface area contributed by atoms with Crippen molar-refractivity contribution in [3.05, 3.63) is 10.9 Å². The Bertz CT molecular complexity index is 433. The molecule has 0 spiro atoms. The number of hydrogen-bond acceptors (Lipinski definition) is 5. The largest absolute Gasteiger partial charge is 0.397 e. The molecule has 0 aliphatic carbocycles. The number of thiophene rings is 1. The van der Waals surface area contributed by atoms with E-state index in [4.69, 9.17) is 10.5 Å². The third kappa shape index (κ3) is 6.82. The van der Waals surface area contributed by atoms with Gasteiger partial charge in [0.1, 0.15) is 4.88 Å². The average Bonchev–Trinajstić information content (AvgIpc) is 2.81. The highest BCUT2D eigenvalue weighted by Crippen LogP contribution is 2.29. The first-order valence-corrected chi connectivity index (χ1v) is 8.35. The van der Waals surface area contributed by atoms with Crippen molar-refractivity contribution in [3.63, 3.8) is 0 Å². The summed E-state index contributed by atoms with van der Waals surface area (Å²) in [5.74, 6) is 0.479. The van der Waals surface area contributed by atoms with E-state index in [1.807, 2.05) is 13.0 Å². The summed E-state index contributed by atoms with van der Waals surface area (Å²) < 4.78 is 5.52. The lowest BCUT2D eigenvalue weighted by Gasteiger charge is -2.07. The van der Waals surface area contributed by atoms with Crippen LogP contribution in [0.15, 0.2) is 6.07 Å².